The second-order valence-electron chi connectivity index (χ2n) is 6.53. The van der Waals surface area contributed by atoms with Crippen LogP contribution >= 0.6 is 0 Å². The molecule has 0 bridgehead atoms. The molecule has 0 radical (unpaired) electrons. The van der Waals surface area contributed by atoms with Gasteiger partial charge < -0.3 is 29.6 Å². The number of nitrogens with two attached hydrogens (primary N) is 1. The van der Waals surface area contributed by atoms with Crippen molar-refractivity contribution >= 4 is 23.8 Å². The van der Waals surface area contributed by atoms with Crippen LogP contribution in [0.3, 0.4) is 0 Å². The lowest BCUT2D eigenvalue weighted by Gasteiger charge is -2.21. The van der Waals surface area contributed by atoms with Gasteiger partial charge in [0.15, 0.2) is 6.23 Å². The molecule has 4 amide bonds. The van der Waals surface area contributed by atoms with Crippen molar-refractivity contribution < 1.29 is 38.1 Å². The van der Waals surface area contributed by atoms with Gasteiger partial charge in [-0.25, -0.2) is 4.79 Å². The number of methoxy groups -OCH3 is 1. The van der Waals surface area contributed by atoms with Gasteiger partial charge in [-0.2, -0.15) is 0 Å². The Labute approximate surface area is 178 Å². The zero-order valence-corrected chi connectivity index (χ0v) is 17.0. The summed E-state index contributed by atoms with van der Waals surface area (Å²) in [6.45, 7) is -0.356. The van der Waals surface area contributed by atoms with Crippen LogP contribution in [0.4, 0.5) is 4.79 Å². The molecule has 0 unspecified atom stereocenters. The summed E-state index contributed by atoms with van der Waals surface area (Å²) in [4.78, 5) is 48.0. The number of nitrogens with one attached hydrogen (secondary N) is 3. The molecule has 0 saturated carbocycles. The van der Waals surface area contributed by atoms with E-state index in [1.807, 2.05) is 18.2 Å². The van der Waals surface area contributed by atoms with Gasteiger partial charge in [-0.15, -0.1) is 0 Å². The molecular formula is C19H26N4O8. The molecule has 0 aromatic heterocycles. The molecule has 170 valence electrons. The van der Waals surface area contributed by atoms with E-state index in [9.17, 15) is 19.2 Å². The quantitative estimate of drug-likeness (QED) is 0.321. The summed E-state index contributed by atoms with van der Waals surface area (Å²) in [5.74, 6) is -3.02. The molecule has 12 heteroatoms. The molecule has 3 atom stereocenters. The maximum absolute atomic E-state index is 12.4. The Bertz CT molecular complexity index is 755. The molecule has 5 N–H and O–H groups in total. The van der Waals surface area contributed by atoms with Crippen LogP contribution < -0.4 is 21.7 Å². The first kappa shape index (κ1) is 24.2. The lowest BCUT2D eigenvalue weighted by atomic mass is 10.0. The van der Waals surface area contributed by atoms with Crippen molar-refractivity contribution in [3.8, 4) is 0 Å². The lowest BCUT2D eigenvalue weighted by Crippen LogP contribution is -2.51. The van der Waals surface area contributed by atoms with Crippen LogP contribution in [0.2, 0.25) is 0 Å². The zero-order valence-electron chi connectivity index (χ0n) is 17.0. The molecule has 1 aliphatic heterocycles. The molecule has 0 aliphatic carbocycles. The third-order valence-corrected chi connectivity index (χ3v) is 4.32. The Hall–Kier alpha value is -3.06. The average Bonchev–Trinajstić information content (AvgIpc) is 3.31. The molecule has 1 aromatic rings. The Balaban J connectivity index is 1.77. The maximum Gasteiger partial charge on any atom is 0.407 e. The molecule has 1 saturated heterocycles. The van der Waals surface area contributed by atoms with E-state index in [1.165, 1.54) is 7.11 Å². The molecule has 31 heavy (non-hydrogen) atoms. The van der Waals surface area contributed by atoms with E-state index in [4.69, 9.17) is 19.9 Å². The zero-order chi connectivity index (χ0) is 22.6. The summed E-state index contributed by atoms with van der Waals surface area (Å²) >= 11 is 0. The number of ether oxygens (including phenoxy) is 4. The number of benzene rings is 1. The lowest BCUT2D eigenvalue weighted by molar-refractivity contribution is -0.140. The molecule has 2 rings (SSSR count). The van der Waals surface area contributed by atoms with Gasteiger partial charge in [0.05, 0.1) is 25.2 Å². The summed E-state index contributed by atoms with van der Waals surface area (Å²) in [5, 5.41) is 6.93. The summed E-state index contributed by atoms with van der Waals surface area (Å²) < 4.78 is 20.1. The highest BCUT2D eigenvalue weighted by Gasteiger charge is 2.34. The van der Waals surface area contributed by atoms with E-state index >= 15 is 0 Å². The summed E-state index contributed by atoms with van der Waals surface area (Å²) in [6, 6.07) is 9.05. The third-order valence-electron chi connectivity index (χ3n) is 4.32. The van der Waals surface area contributed by atoms with Gasteiger partial charge in [0, 0.05) is 13.7 Å². The van der Waals surface area contributed by atoms with Crippen LogP contribution in [0.1, 0.15) is 5.56 Å². The molecule has 0 spiro atoms. The van der Waals surface area contributed by atoms with Gasteiger partial charge in [0.1, 0.15) is 13.4 Å². The highest BCUT2D eigenvalue weighted by Crippen LogP contribution is 2.14. The van der Waals surface area contributed by atoms with E-state index < -0.39 is 42.1 Å². The molecule has 1 fully saturated rings. The van der Waals surface area contributed by atoms with Gasteiger partial charge >= 0.3 is 6.09 Å². The first-order chi connectivity index (χ1) is 14.9. The van der Waals surface area contributed by atoms with Crippen molar-refractivity contribution in [2.24, 2.45) is 11.7 Å². The minimum atomic E-state index is -1.31. The number of rotatable bonds is 10. The normalized spacial score (nSPS) is 17.3. The van der Waals surface area contributed by atoms with Crippen molar-refractivity contribution in [2.75, 3.05) is 33.6 Å². The number of alkyl carbamates (subject to hydrolysis) is 1. The Morgan fingerprint density at radius 3 is 2.55 bits per heavy atom. The van der Waals surface area contributed by atoms with Gasteiger partial charge in [0.25, 0.3) is 5.91 Å². The SMILES string of the molecule is CO[C@H](N)C(=O)NC(=O)[C@H](CNC(=O)CNC(=O)OCc1ccccc1)[C@@H]1COCO1. The van der Waals surface area contributed by atoms with E-state index in [1.54, 1.807) is 12.1 Å². The van der Waals surface area contributed by atoms with Crippen LogP contribution in [0, 0.1) is 5.92 Å². The highest BCUT2D eigenvalue weighted by molar-refractivity contribution is 5.98. The van der Waals surface area contributed by atoms with Crippen LogP contribution in [0.25, 0.3) is 0 Å². The molecule has 1 heterocycles. The van der Waals surface area contributed by atoms with Crippen molar-refractivity contribution in [2.45, 2.75) is 18.9 Å². The number of hydrogen-bond donors (Lipinski definition) is 4. The van der Waals surface area contributed by atoms with E-state index in [0.717, 1.165) is 5.56 Å². The van der Waals surface area contributed by atoms with Crippen LogP contribution in [0.5, 0.6) is 0 Å². The fourth-order valence-electron chi connectivity index (χ4n) is 2.58. The average molecular weight is 438 g/mol. The number of carbonyl (C=O) groups is 4. The predicted octanol–water partition coefficient (Wildman–Crippen LogP) is -1.41. The fraction of sp³-hybridized carbons (Fsp3) is 0.474. The summed E-state index contributed by atoms with van der Waals surface area (Å²) in [6.07, 6.45) is -2.75. The number of imide groups is 1. The predicted molar refractivity (Wildman–Crippen MR) is 105 cm³/mol. The van der Waals surface area contributed by atoms with Crippen molar-refractivity contribution in [3.63, 3.8) is 0 Å². The Morgan fingerprint density at radius 1 is 1.16 bits per heavy atom. The van der Waals surface area contributed by atoms with Crippen LogP contribution in [-0.4, -0.2) is 69.7 Å². The van der Waals surface area contributed by atoms with E-state index in [2.05, 4.69) is 20.7 Å². The minimum absolute atomic E-state index is 0.0112. The fourth-order valence-corrected chi connectivity index (χ4v) is 2.58. The molecule has 12 nitrogen and oxygen atoms in total. The van der Waals surface area contributed by atoms with Gasteiger partial charge in [-0.05, 0) is 5.56 Å². The standard InChI is InChI=1S/C19H26N4O8/c1-28-16(20)18(26)23-17(25)13(14-10-29-11-31-14)7-21-15(24)8-22-19(27)30-9-12-5-3-2-4-6-12/h2-6,13-14,16H,7-11,20H2,1H3,(H,21,24)(H,22,27)(H,23,25,26)/t13-,14+,16+/m1/s1. The van der Waals surface area contributed by atoms with E-state index in [-0.39, 0.29) is 33.1 Å². The summed E-state index contributed by atoms with van der Waals surface area (Å²) in [7, 11) is 1.22. The Kier molecular flexibility index (Phi) is 9.84. The Morgan fingerprint density at radius 2 is 1.90 bits per heavy atom. The van der Waals surface area contributed by atoms with E-state index in [0.29, 0.717) is 0 Å². The number of carbonyl (C=O) groups excluding carboxylic acids is 4. The highest BCUT2D eigenvalue weighted by atomic mass is 16.7. The first-order valence-electron chi connectivity index (χ1n) is 9.44. The van der Waals surface area contributed by atoms with Crippen molar-refractivity contribution in [3.05, 3.63) is 35.9 Å². The number of amides is 4. The van der Waals surface area contributed by atoms with Gasteiger partial charge in [-0.3, -0.25) is 25.4 Å². The summed E-state index contributed by atoms with van der Waals surface area (Å²) in [5.41, 5.74) is 6.21. The maximum atomic E-state index is 12.4. The first-order valence-corrected chi connectivity index (χ1v) is 9.44. The molecule has 1 aromatic carbocycles. The van der Waals surface area contributed by atoms with Crippen molar-refractivity contribution in [1.82, 2.24) is 16.0 Å². The van der Waals surface area contributed by atoms with Gasteiger partial charge in [-0.1, -0.05) is 30.3 Å². The monoisotopic (exact) mass is 438 g/mol. The van der Waals surface area contributed by atoms with Crippen LogP contribution in [-0.2, 0) is 39.9 Å². The third kappa shape index (κ3) is 8.30. The second-order valence-corrected chi connectivity index (χ2v) is 6.53. The molecular weight excluding hydrogens is 412 g/mol. The smallest absolute Gasteiger partial charge is 0.407 e. The minimum Gasteiger partial charge on any atom is -0.445 e. The van der Waals surface area contributed by atoms with Crippen LogP contribution in [0.15, 0.2) is 30.3 Å². The van der Waals surface area contributed by atoms with Crippen molar-refractivity contribution in [1.29, 1.82) is 0 Å². The largest absolute Gasteiger partial charge is 0.445 e. The molecule has 1 aliphatic rings. The second kappa shape index (κ2) is 12.6. The van der Waals surface area contributed by atoms with Gasteiger partial charge in [0.2, 0.25) is 11.8 Å². The number of hydrogen-bond acceptors (Lipinski definition) is 9. The topological polar surface area (TPSA) is 167 Å².